The number of benzene rings is 2. The van der Waals surface area contributed by atoms with Gasteiger partial charge in [-0.2, -0.15) is 0 Å². The highest BCUT2D eigenvalue weighted by atomic mass is 32.2. The quantitative estimate of drug-likeness (QED) is 0.448. The Bertz CT molecular complexity index is 814. The van der Waals surface area contributed by atoms with E-state index in [1.165, 1.54) is 7.11 Å². The summed E-state index contributed by atoms with van der Waals surface area (Å²) in [5.41, 5.74) is 2.12. The van der Waals surface area contributed by atoms with Crippen LogP contribution in [-0.4, -0.2) is 32.6 Å². The Morgan fingerprint density at radius 3 is 2.22 bits per heavy atom. The predicted molar refractivity (Wildman–Crippen MR) is 106 cm³/mol. The third kappa shape index (κ3) is 4.74. The third-order valence-corrected chi connectivity index (χ3v) is 6.84. The van der Waals surface area contributed by atoms with Crippen LogP contribution < -0.4 is 4.90 Å². The first-order chi connectivity index (χ1) is 13.1. The van der Waals surface area contributed by atoms with E-state index < -0.39 is 13.6 Å². The Morgan fingerprint density at radius 2 is 1.67 bits per heavy atom. The van der Waals surface area contributed by atoms with Gasteiger partial charge in [-0.05, 0) is 31.2 Å². The normalized spacial score (nSPS) is 14.8. The van der Waals surface area contributed by atoms with Crippen molar-refractivity contribution < 1.29 is 23.1 Å². The molecule has 6 nitrogen and oxygen atoms in total. The van der Waals surface area contributed by atoms with E-state index in [1.807, 2.05) is 36.4 Å². The van der Waals surface area contributed by atoms with Gasteiger partial charge >= 0.3 is 13.6 Å². The van der Waals surface area contributed by atoms with Crippen LogP contribution in [-0.2, 0) is 23.1 Å². The number of hydrogen-bond donors (Lipinski definition) is 0. The topological polar surface area (TPSA) is 65.1 Å². The molecule has 0 spiro atoms. The van der Waals surface area contributed by atoms with Crippen molar-refractivity contribution >= 4 is 36.7 Å². The van der Waals surface area contributed by atoms with Crippen molar-refractivity contribution in [2.24, 2.45) is 0 Å². The first-order valence-electron chi connectivity index (χ1n) is 8.64. The van der Waals surface area contributed by atoms with Crippen LogP contribution in [0.4, 0.5) is 11.4 Å². The van der Waals surface area contributed by atoms with Gasteiger partial charge in [-0.25, -0.2) is 0 Å². The van der Waals surface area contributed by atoms with Crippen LogP contribution in [0.1, 0.15) is 13.3 Å². The minimum atomic E-state index is -3.38. The van der Waals surface area contributed by atoms with E-state index in [0.29, 0.717) is 6.54 Å². The van der Waals surface area contributed by atoms with E-state index >= 15 is 0 Å². The number of fused-ring (bicyclic) bond motifs is 2. The second-order valence-corrected chi connectivity index (χ2v) is 8.98. The molecule has 1 heterocycles. The summed E-state index contributed by atoms with van der Waals surface area (Å²) in [5.74, 6) is -0.444. The maximum absolute atomic E-state index is 12.2. The lowest BCUT2D eigenvalue weighted by Gasteiger charge is -2.32. The number of hydrogen-bond acceptors (Lipinski definition) is 7. The van der Waals surface area contributed by atoms with Crippen molar-refractivity contribution in [3.8, 4) is 0 Å². The molecule has 1 aliphatic heterocycles. The molecule has 0 radical (unpaired) electrons. The zero-order valence-corrected chi connectivity index (χ0v) is 17.0. The molecular formula is C19H22NO5PS. The zero-order valence-electron chi connectivity index (χ0n) is 15.3. The second-order valence-electron chi connectivity index (χ2n) is 5.80. The van der Waals surface area contributed by atoms with Crippen molar-refractivity contribution in [1.82, 2.24) is 0 Å². The van der Waals surface area contributed by atoms with Gasteiger partial charge < -0.3 is 18.7 Å². The molecule has 1 atom stereocenters. The number of carbonyl (C=O) groups excluding carboxylic acids is 1. The molecule has 0 saturated heterocycles. The number of anilines is 2. The fraction of sp³-hybridized carbons (Fsp3) is 0.316. The Balaban J connectivity index is 1.68. The molecular weight excluding hydrogens is 385 g/mol. The van der Waals surface area contributed by atoms with Gasteiger partial charge in [0.05, 0.1) is 24.4 Å². The summed E-state index contributed by atoms with van der Waals surface area (Å²) in [5, 5.41) is 0. The number of nitrogens with zero attached hydrogens (tertiary/aromatic N) is 1. The average molecular weight is 407 g/mol. The fourth-order valence-corrected chi connectivity index (χ4v) is 4.86. The monoisotopic (exact) mass is 407 g/mol. The number of esters is 1. The van der Waals surface area contributed by atoms with E-state index in [0.717, 1.165) is 21.2 Å². The maximum Gasteiger partial charge on any atom is 0.367 e. The van der Waals surface area contributed by atoms with Gasteiger partial charge in [0.2, 0.25) is 0 Å². The van der Waals surface area contributed by atoms with Crippen LogP contribution in [0.3, 0.4) is 0 Å². The summed E-state index contributed by atoms with van der Waals surface area (Å²) in [7, 11) is -2.10. The van der Waals surface area contributed by atoms with Crippen LogP contribution in [0.25, 0.3) is 0 Å². The van der Waals surface area contributed by atoms with Crippen molar-refractivity contribution in [2.75, 3.05) is 31.5 Å². The van der Waals surface area contributed by atoms with Gasteiger partial charge in [-0.1, -0.05) is 36.0 Å². The van der Waals surface area contributed by atoms with E-state index in [9.17, 15) is 9.36 Å². The zero-order chi connectivity index (χ0) is 19.3. The molecule has 1 aliphatic rings. The molecule has 27 heavy (non-hydrogen) atoms. The lowest BCUT2D eigenvalue weighted by atomic mass is 10.2. The molecule has 1 unspecified atom stereocenters. The molecule has 0 aliphatic carbocycles. The van der Waals surface area contributed by atoms with Crippen LogP contribution in [0, 0.1) is 0 Å². The summed E-state index contributed by atoms with van der Waals surface area (Å²) in [6.07, 6.45) is -0.220. The third-order valence-electron chi connectivity index (χ3n) is 4.06. The Labute approximate surface area is 163 Å². The number of carbonyl (C=O) groups is 1. The van der Waals surface area contributed by atoms with E-state index in [-0.39, 0.29) is 19.4 Å². The first kappa shape index (κ1) is 20.0. The van der Waals surface area contributed by atoms with Crippen LogP contribution >= 0.6 is 19.4 Å². The van der Waals surface area contributed by atoms with E-state index in [1.54, 1.807) is 18.7 Å². The molecule has 0 fully saturated rings. The van der Waals surface area contributed by atoms with Gasteiger partial charge in [-0.15, -0.1) is 0 Å². The summed E-state index contributed by atoms with van der Waals surface area (Å²) in [4.78, 5) is 16.6. The van der Waals surface area contributed by atoms with Gasteiger partial charge in [0, 0.05) is 23.4 Å². The van der Waals surface area contributed by atoms with Gasteiger partial charge in [0.25, 0.3) is 0 Å². The lowest BCUT2D eigenvalue weighted by molar-refractivity contribution is -0.141. The highest BCUT2D eigenvalue weighted by Gasteiger charge is 2.26. The van der Waals surface area contributed by atoms with Gasteiger partial charge in [-0.3, -0.25) is 9.36 Å². The summed E-state index contributed by atoms with van der Waals surface area (Å²) < 4.78 is 27.2. The first-order valence-corrected chi connectivity index (χ1v) is 11.2. The Kier molecular flexibility index (Phi) is 6.60. The van der Waals surface area contributed by atoms with E-state index in [2.05, 4.69) is 17.0 Å². The van der Waals surface area contributed by atoms with Crippen molar-refractivity contribution in [3.05, 3.63) is 48.5 Å². The molecule has 0 saturated carbocycles. The van der Waals surface area contributed by atoms with E-state index in [4.69, 9.17) is 13.8 Å². The number of para-hydroxylation sites is 2. The largest absolute Gasteiger partial charge is 0.453 e. The van der Waals surface area contributed by atoms with Crippen LogP contribution in [0.5, 0.6) is 0 Å². The minimum absolute atomic E-state index is 0.156. The standard InChI is InChI=1S/C19H22NO5PS/c1-3-25-26(22,23-2)14-24-19(21)12-13-20-15-8-4-6-10-17(15)27-18-11-7-5-9-16(18)20/h4-11H,3,12-14H2,1-2H3. The number of rotatable bonds is 8. The Hall–Kier alpha value is -1.79. The van der Waals surface area contributed by atoms with Crippen molar-refractivity contribution in [1.29, 1.82) is 0 Å². The molecule has 0 bridgehead atoms. The van der Waals surface area contributed by atoms with Crippen LogP contribution in [0.2, 0.25) is 0 Å². The molecule has 0 amide bonds. The second kappa shape index (κ2) is 8.93. The fourth-order valence-electron chi connectivity index (χ4n) is 2.79. The van der Waals surface area contributed by atoms with Crippen molar-refractivity contribution in [2.45, 2.75) is 23.1 Å². The minimum Gasteiger partial charge on any atom is -0.453 e. The van der Waals surface area contributed by atoms with Gasteiger partial charge in [0.1, 0.15) is 0 Å². The highest BCUT2D eigenvalue weighted by Crippen LogP contribution is 2.48. The average Bonchev–Trinajstić information content (AvgIpc) is 2.69. The maximum atomic E-state index is 12.2. The van der Waals surface area contributed by atoms with Crippen LogP contribution in [0.15, 0.2) is 58.3 Å². The molecule has 144 valence electrons. The molecule has 0 aromatic heterocycles. The summed E-state index contributed by atoms with van der Waals surface area (Å²) in [6.45, 7) is 2.39. The van der Waals surface area contributed by atoms with Gasteiger partial charge in [0.15, 0.2) is 6.35 Å². The molecule has 2 aromatic carbocycles. The molecule has 0 N–H and O–H groups in total. The number of ether oxygens (including phenoxy) is 1. The SMILES string of the molecule is CCOP(=O)(COC(=O)CCN1c2ccccc2Sc2ccccc21)OC. The molecule has 8 heteroatoms. The highest BCUT2D eigenvalue weighted by molar-refractivity contribution is 7.99. The predicted octanol–water partition coefficient (Wildman–Crippen LogP) is 5.06. The Morgan fingerprint density at radius 1 is 1.07 bits per heavy atom. The summed E-state index contributed by atoms with van der Waals surface area (Å²) in [6, 6.07) is 16.2. The summed E-state index contributed by atoms with van der Waals surface area (Å²) >= 11 is 1.71. The molecule has 2 aromatic rings. The smallest absolute Gasteiger partial charge is 0.367 e. The molecule has 3 rings (SSSR count). The lowest BCUT2D eigenvalue weighted by Crippen LogP contribution is -2.24. The van der Waals surface area contributed by atoms with Crippen molar-refractivity contribution in [3.63, 3.8) is 0 Å².